The molecular formula is C34H50FN7O5. The van der Waals surface area contributed by atoms with E-state index in [1.54, 1.807) is 24.8 Å². The standard InChI is InChI=1S/C34H50FN7O5/c1-7-26-31(40-47-39-26)33(45)38-30(23-11-9-21(5)10-12-23)32(44)36-27-14-13-24(19-25(27)35)22(6)29(37-28(43)8-2)34(46)42-17-15-41(16-18-42)20(3)4/h13-14,19-23,29-30H,7-12,15-18H2,1-6H3,(H,36,44)(H,37,43)(H,38,45)/t21?,22-,23?,29+,30-/m0/s1. The highest BCUT2D eigenvalue weighted by molar-refractivity contribution is 6.01. The van der Waals surface area contributed by atoms with Crippen LogP contribution in [0.3, 0.4) is 0 Å². The summed E-state index contributed by atoms with van der Waals surface area (Å²) in [6.45, 7) is 14.3. The van der Waals surface area contributed by atoms with Crippen LogP contribution in [0.1, 0.15) is 101 Å². The summed E-state index contributed by atoms with van der Waals surface area (Å²) in [5, 5.41) is 15.9. The van der Waals surface area contributed by atoms with Crippen molar-refractivity contribution in [1.29, 1.82) is 0 Å². The number of aromatic nitrogens is 2. The van der Waals surface area contributed by atoms with Crippen LogP contribution in [-0.2, 0) is 20.8 Å². The molecule has 2 aromatic rings. The number of benzene rings is 1. The zero-order valence-electron chi connectivity index (χ0n) is 28.5. The number of anilines is 1. The van der Waals surface area contributed by atoms with E-state index in [0.717, 1.165) is 38.8 Å². The first-order chi connectivity index (χ1) is 22.4. The molecule has 47 heavy (non-hydrogen) atoms. The first-order valence-electron chi connectivity index (χ1n) is 17.0. The minimum Gasteiger partial charge on any atom is -0.344 e. The van der Waals surface area contributed by atoms with E-state index < -0.39 is 35.6 Å². The second-order valence-corrected chi connectivity index (χ2v) is 13.3. The highest BCUT2D eigenvalue weighted by atomic mass is 19.1. The Morgan fingerprint density at radius 2 is 1.66 bits per heavy atom. The van der Waals surface area contributed by atoms with Gasteiger partial charge in [0.2, 0.25) is 17.7 Å². The number of halogens is 1. The molecule has 3 atom stereocenters. The van der Waals surface area contributed by atoms with Gasteiger partial charge >= 0.3 is 0 Å². The molecule has 13 heteroatoms. The molecule has 0 unspecified atom stereocenters. The maximum Gasteiger partial charge on any atom is 0.276 e. The van der Waals surface area contributed by atoms with Crippen LogP contribution in [-0.4, -0.2) is 88.0 Å². The van der Waals surface area contributed by atoms with E-state index in [1.807, 2.05) is 6.92 Å². The quantitative estimate of drug-likeness (QED) is 0.312. The fourth-order valence-corrected chi connectivity index (χ4v) is 6.49. The molecule has 4 amide bonds. The molecule has 1 saturated heterocycles. The molecule has 2 fully saturated rings. The summed E-state index contributed by atoms with van der Waals surface area (Å²) >= 11 is 0. The Balaban J connectivity index is 1.51. The van der Waals surface area contributed by atoms with Crippen LogP contribution in [0, 0.1) is 17.7 Å². The van der Waals surface area contributed by atoms with Crippen LogP contribution in [0.4, 0.5) is 10.1 Å². The van der Waals surface area contributed by atoms with Gasteiger partial charge in [-0.1, -0.05) is 51.8 Å². The van der Waals surface area contributed by atoms with Crippen LogP contribution in [0.5, 0.6) is 0 Å². The van der Waals surface area contributed by atoms with E-state index in [1.165, 1.54) is 12.1 Å². The summed E-state index contributed by atoms with van der Waals surface area (Å²) in [4.78, 5) is 57.0. The van der Waals surface area contributed by atoms with Crippen molar-refractivity contribution < 1.29 is 28.2 Å². The number of carbonyl (C=O) groups is 4. The zero-order chi connectivity index (χ0) is 34.2. The number of rotatable bonds is 12. The molecule has 3 N–H and O–H groups in total. The van der Waals surface area contributed by atoms with Crippen molar-refractivity contribution in [3.63, 3.8) is 0 Å². The number of hydrogen-bond acceptors (Lipinski definition) is 8. The largest absolute Gasteiger partial charge is 0.344 e. The Bertz CT molecular complexity index is 1400. The molecule has 0 radical (unpaired) electrons. The number of hydrogen-bond donors (Lipinski definition) is 3. The molecule has 1 saturated carbocycles. The van der Waals surface area contributed by atoms with Crippen LogP contribution in [0.2, 0.25) is 0 Å². The van der Waals surface area contributed by atoms with Crippen LogP contribution >= 0.6 is 0 Å². The lowest BCUT2D eigenvalue weighted by Gasteiger charge is -2.39. The van der Waals surface area contributed by atoms with Crippen LogP contribution < -0.4 is 16.0 Å². The van der Waals surface area contributed by atoms with Gasteiger partial charge in [-0.3, -0.25) is 24.1 Å². The predicted molar refractivity (Wildman–Crippen MR) is 175 cm³/mol. The topological polar surface area (TPSA) is 150 Å². The summed E-state index contributed by atoms with van der Waals surface area (Å²) in [7, 11) is 0. The molecule has 1 aromatic heterocycles. The van der Waals surface area contributed by atoms with Gasteiger partial charge in [0.25, 0.3) is 5.91 Å². The summed E-state index contributed by atoms with van der Waals surface area (Å²) in [6, 6.07) is 2.99. The van der Waals surface area contributed by atoms with E-state index in [9.17, 15) is 19.2 Å². The SMILES string of the molecule is CCC(=O)N[C@@H](C(=O)N1CCN(C(C)C)CC1)[C@@H](C)c1ccc(NC(=O)[C@@H](NC(=O)c2nonc2CC)C2CCC(C)CC2)c(F)c1. The van der Waals surface area contributed by atoms with Gasteiger partial charge in [0, 0.05) is 44.6 Å². The predicted octanol–water partition coefficient (Wildman–Crippen LogP) is 3.89. The van der Waals surface area contributed by atoms with Gasteiger partial charge < -0.3 is 20.9 Å². The Labute approximate surface area is 276 Å². The summed E-state index contributed by atoms with van der Waals surface area (Å²) < 4.78 is 20.4. The van der Waals surface area contributed by atoms with Gasteiger partial charge in [0.1, 0.15) is 23.6 Å². The Morgan fingerprint density at radius 3 is 2.26 bits per heavy atom. The first-order valence-corrected chi connectivity index (χ1v) is 17.0. The van der Waals surface area contributed by atoms with Gasteiger partial charge in [-0.25, -0.2) is 9.02 Å². The number of nitrogens with zero attached hydrogens (tertiary/aromatic N) is 4. The minimum atomic E-state index is -0.920. The van der Waals surface area contributed by atoms with Crippen LogP contribution in [0.25, 0.3) is 0 Å². The summed E-state index contributed by atoms with van der Waals surface area (Å²) in [6.07, 6.45) is 3.95. The van der Waals surface area contributed by atoms with Crippen molar-refractivity contribution in [1.82, 2.24) is 30.7 Å². The van der Waals surface area contributed by atoms with Gasteiger partial charge in [-0.15, -0.1) is 0 Å². The lowest BCUT2D eigenvalue weighted by molar-refractivity contribution is -0.138. The Kier molecular flexibility index (Phi) is 12.5. The Hall–Kier alpha value is -3.87. The molecule has 1 aromatic carbocycles. The molecule has 1 aliphatic heterocycles. The van der Waals surface area contributed by atoms with E-state index in [0.29, 0.717) is 42.7 Å². The molecule has 12 nitrogen and oxygen atoms in total. The maximum atomic E-state index is 15.7. The fourth-order valence-electron chi connectivity index (χ4n) is 6.49. The number of amides is 4. The first kappa shape index (κ1) is 36.0. The van der Waals surface area contributed by atoms with Gasteiger partial charge in [-0.05, 0) is 67.8 Å². The monoisotopic (exact) mass is 655 g/mol. The molecule has 4 rings (SSSR count). The normalized spacial score (nSPS) is 20.7. The average Bonchev–Trinajstić information content (AvgIpc) is 3.56. The van der Waals surface area contributed by atoms with Crippen molar-refractivity contribution in [2.24, 2.45) is 11.8 Å². The lowest BCUT2D eigenvalue weighted by atomic mass is 9.79. The molecule has 258 valence electrons. The third kappa shape index (κ3) is 8.94. The average molecular weight is 656 g/mol. The second-order valence-electron chi connectivity index (χ2n) is 13.3. The molecule has 1 aliphatic carbocycles. The van der Waals surface area contributed by atoms with Crippen molar-refractivity contribution >= 4 is 29.3 Å². The molecule has 0 bridgehead atoms. The van der Waals surface area contributed by atoms with Crippen LogP contribution in [0.15, 0.2) is 22.8 Å². The van der Waals surface area contributed by atoms with Crippen molar-refractivity contribution in [3.05, 3.63) is 41.0 Å². The number of piperazine rings is 1. The maximum absolute atomic E-state index is 15.7. The highest BCUT2D eigenvalue weighted by Crippen LogP contribution is 2.32. The molecule has 0 spiro atoms. The fraction of sp³-hybridized carbons (Fsp3) is 0.647. The zero-order valence-corrected chi connectivity index (χ0v) is 28.5. The molecular weight excluding hydrogens is 605 g/mol. The minimum absolute atomic E-state index is 0.0278. The van der Waals surface area contributed by atoms with Crippen molar-refractivity contribution in [2.75, 3.05) is 31.5 Å². The molecule has 2 aliphatic rings. The smallest absolute Gasteiger partial charge is 0.276 e. The second kappa shape index (κ2) is 16.3. The summed E-state index contributed by atoms with van der Waals surface area (Å²) in [5.41, 5.74) is 0.879. The van der Waals surface area contributed by atoms with Crippen molar-refractivity contribution in [2.45, 2.75) is 104 Å². The van der Waals surface area contributed by atoms with E-state index in [-0.39, 0.29) is 35.5 Å². The Morgan fingerprint density at radius 1 is 0.979 bits per heavy atom. The molecule has 2 heterocycles. The number of carbonyl (C=O) groups excluding carboxylic acids is 4. The van der Waals surface area contributed by atoms with E-state index >= 15 is 4.39 Å². The number of nitrogens with one attached hydrogen (secondary N) is 3. The summed E-state index contributed by atoms with van der Waals surface area (Å²) in [5.74, 6) is -2.41. The van der Waals surface area contributed by atoms with E-state index in [2.05, 4.69) is 51.9 Å². The van der Waals surface area contributed by atoms with Gasteiger partial charge in [0.15, 0.2) is 5.69 Å². The van der Waals surface area contributed by atoms with Gasteiger partial charge in [0.05, 0.1) is 5.69 Å². The lowest BCUT2D eigenvalue weighted by Crippen LogP contribution is -2.57. The third-order valence-corrected chi connectivity index (χ3v) is 9.74. The van der Waals surface area contributed by atoms with Gasteiger partial charge in [-0.2, -0.15) is 0 Å². The third-order valence-electron chi connectivity index (χ3n) is 9.74. The number of aryl methyl sites for hydroxylation is 1. The van der Waals surface area contributed by atoms with Crippen molar-refractivity contribution in [3.8, 4) is 0 Å². The highest BCUT2D eigenvalue weighted by Gasteiger charge is 2.36. The van der Waals surface area contributed by atoms with E-state index in [4.69, 9.17) is 4.63 Å².